The zero-order valence-corrected chi connectivity index (χ0v) is 13.8. The van der Waals surface area contributed by atoms with Crippen LogP contribution in [0.25, 0.3) is 0 Å². The molecule has 0 aliphatic carbocycles. The molecular weight excluding hydrogens is 250 g/mol. The molecular formula is C16H29N3O. The van der Waals surface area contributed by atoms with Crippen LogP contribution in [0, 0.1) is 19.8 Å². The summed E-state index contributed by atoms with van der Waals surface area (Å²) in [6, 6.07) is 0. The van der Waals surface area contributed by atoms with Crippen LogP contribution in [0.1, 0.15) is 56.6 Å². The molecule has 4 heteroatoms. The molecule has 0 aliphatic rings. The Labute approximate surface area is 123 Å². The highest BCUT2D eigenvalue weighted by Gasteiger charge is 2.15. The van der Waals surface area contributed by atoms with Gasteiger partial charge in [0.15, 0.2) is 5.82 Å². The lowest BCUT2D eigenvalue weighted by Crippen LogP contribution is -2.23. The third kappa shape index (κ3) is 4.84. The number of aromatic nitrogens is 2. The Morgan fingerprint density at radius 3 is 2.20 bits per heavy atom. The van der Waals surface area contributed by atoms with E-state index in [0.29, 0.717) is 12.5 Å². The topological polar surface area (TPSA) is 47.0 Å². The molecule has 0 amide bonds. The van der Waals surface area contributed by atoms with Crippen LogP contribution < -0.4 is 5.32 Å². The lowest BCUT2D eigenvalue weighted by molar-refractivity contribution is 0.0697. The summed E-state index contributed by atoms with van der Waals surface area (Å²) in [5, 5.41) is 3.39. The lowest BCUT2D eigenvalue weighted by atomic mass is 9.98. The molecule has 0 saturated carbocycles. The van der Waals surface area contributed by atoms with Gasteiger partial charge in [0.2, 0.25) is 0 Å². The highest BCUT2D eigenvalue weighted by molar-refractivity contribution is 5.25. The predicted molar refractivity (Wildman–Crippen MR) is 83.0 cm³/mol. The number of hydrogen-bond donors (Lipinski definition) is 1. The first kappa shape index (κ1) is 17.1. The Bertz CT molecular complexity index is 397. The molecule has 4 nitrogen and oxygen atoms in total. The summed E-state index contributed by atoms with van der Waals surface area (Å²) in [5.41, 5.74) is 3.45. The van der Waals surface area contributed by atoms with Gasteiger partial charge in [0.1, 0.15) is 6.10 Å². The van der Waals surface area contributed by atoms with E-state index in [9.17, 15) is 0 Å². The SMILES string of the molecule is CCNCC(C)Cc1c(C)nc(C(C)OCC)nc1C. The first-order valence-electron chi connectivity index (χ1n) is 7.65. The zero-order chi connectivity index (χ0) is 15.1. The standard InChI is InChI=1S/C16H29N3O/c1-7-17-10-11(3)9-15-12(4)18-16(19-13(15)5)14(6)20-8-2/h11,14,17H,7-10H2,1-6H3. The molecule has 0 fully saturated rings. The maximum Gasteiger partial charge on any atom is 0.157 e. The number of aryl methyl sites for hydroxylation is 2. The van der Waals surface area contributed by atoms with E-state index in [1.807, 2.05) is 13.8 Å². The number of nitrogens with one attached hydrogen (secondary N) is 1. The van der Waals surface area contributed by atoms with Gasteiger partial charge in [-0.2, -0.15) is 0 Å². The molecule has 0 radical (unpaired) electrons. The lowest BCUT2D eigenvalue weighted by Gasteiger charge is -2.17. The second-order valence-electron chi connectivity index (χ2n) is 5.45. The van der Waals surface area contributed by atoms with Crippen LogP contribution in [0.3, 0.4) is 0 Å². The molecule has 114 valence electrons. The fraction of sp³-hybridized carbons (Fsp3) is 0.750. The molecule has 1 aromatic heterocycles. The van der Waals surface area contributed by atoms with E-state index in [0.717, 1.165) is 36.7 Å². The molecule has 2 unspecified atom stereocenters. The first-order chi connectivity index (χ1) is 9.49. The van der Waals surface area contributed by atoms with Crippen molar-refractivity contribution in [1.29, 1.82) is 0 Å². The minimum absolute atomic E-state index is 0.0365. The van der Waals surface area contributed by atoms with Crippen LogP contribution in [0.5, 0.6) is 0 Å². The van der Waals surface area contributed by atoms with Crippen LogP contribution in [0.2, 0.25) is 0 Å². The molecule has 1 aromatic rings. The first-order valence-corrected chi connectivity index (χ1v) is 7.65. The Morgan fingerprint density at radius 2 is 1.70 bits per heavy atom. The van der Waals surface area contributed by atoms with E-state index in [4.69, 9.17) is 4.74 Å². The summed E-state index contributed by atoms with van der Waals surface area (Å²) >= 11 is 0. The van der Waals surface area contributed by atoms with Gasteiger partial charge in [-0.3, -0.25) is 0 Å². The second kappa shape index (κ2) is 8.32. The fourth-order valence-electron chi connectivity index (χ4n) is 2.38. The average molecular weight is 279 g/mol. The summed E-state index contributed by atoms with van der Waals surface area (Å²) in [6.45, 7) is 15.3. The quantitative estimate of drug-likeness (QED) is 0.794. The Morgan fingerprint density at radius 1 is 1.10 bits per heavy atom. The normalized spacial score (nSPS) is 14.3. The van der Waals surface area contributed by atoms with Crippen molar-refractivity contribution in [2.45, 2.75) is 54.1 Å². The number of nitrogens with zero attached hydrogens (tertiary/aromatic N) is 2. The largest absolute Gasteiger partial charge is 0.371 e. The van der Waals surface area contributed by atoms with Crippen molar-refractivity contribution in [3.63, 3.8) is 0 Å². The van der Waals surface area contributed by atoms with Crippen LogP contribution in [-0.4, -0.2) is 29.7 Å². The van der Waals surface area contributed by atoms with Gasteiger partial charge in [-0.15, -0.1) is 0 Å². The van der Waals surface area contributed by atoms with E-state index >= 15 is 0 Å². The minimum Gasteiger partial charge on any atom is -0.371 e. The van der Waals surface area contributed by atoms with Crippen LogP contribution >= 0.6 is 0 Å². The van der Waals surface area contributed by atoms with Crippen molar-refractivity contribution < 1.29 is 4.74 Å². The maximum absolute atomic E-state index is 5.58. The molecule has 1 rings (SSSR count). The van der Waals surface area contributed by atoms with Gasteiger partial charge < -0.3 is 10.1 Å². The highest BCUT2D eigenvalue weighted by atomic mass is 16.5. The van der Waals surface area contributed by atoms with Crippen molar-refractivity contribution in [1.82, 2.24) is 15.3 Å². The minimum atomic E-state index is -0.0365. The van der Waals surface area contributed by atoms with Gasteiger partial charge in [0.05, 0.1) is 0 Å². The number of rotatable bonds is 8. The van der Waals surface area contributed by atoms with Crippen molar-refractivity contribution >= 4 is 0 Å². The molecule has 0 aliphatic heterocycles. The van der Waals surface area contributed by atoms with Crippen LogP contribution in [-0.2, 0) is 11.2 Å². The van der Waals surface area contributed by atoms with Crippen molar-refractivity contribution in [2.24, 2.45) is 5.92 Å². The van der Waals surface area contributed by atoms with E-state index in [-0.39, 0.29) is 6.10 Å². The van der Waals surface area contributed by atoms with Crippen LogP contribution in [0.4, 0.5) is 0 Å². The van der Waals surface area contributed by atoms with Gasteiger partial charge in [-0.25, -0.2) is 9.97 Å². The maximum atomic E-state index is 5.58. The summed E-state index contributed by atoms with van der Waals surface area (Å²) in [7, 11) is 0. The molecule has 1 heterocycles. The van der Waals surface area contributed by atoms with Crippen molar-refractivity contribution in [3.8, 4) is 0 Å². The third-order valence-corrected chi connectivity index (χ3v) is 3.51. The van der Waals surface area contributed by atoms with Gasteiger partial charge in [-0.05, 0) is 58.7 Å². The highest BCUT2D eigenvalue weighted by Crippen LogP contribution is 2.19. The van der Waals surface area contributed by atoms with Crippen molar-refractivity contribution in [3.05, 3.63) is 22.8 Å². The van der Waals surface area contributed by atoms with Gasteiger partial charge in [0, 0.05) is 18.0 Å². The van der Waals surface area contributed by atoms with E-state index in [1.54, 1.807) is 0 Å². The molecule has 1 N–H and O–H groups in total. The van der Waals surface area contributed by atoms with Gasteiger partial charge in [0.25, 0.3) is 0 Å². The van der Waals surface area contributed by atoms with E-state index in [2.05, 4.69) is 43.0 Å². The zero-order valence-electron chi connectivity index (χ0n) is 13.8. The third-order valence-electron chi connectivity index (χ3n) is 3.51. The van der Waals surface area contributed by atoms with E-state index in [1.165, 1.54) is 5.56 Å². The summed E-state index contributed by atoms with van der Waals surface area (Å²) in [6.07, 6.45) is 0.985. The van der Waals surface area contributed by atoms with E-state index < -0.39 is 0 Å². The van der Waals surface area contributed by atoms with Gasteiger partial charge in [-0.1, -0.05) is 13.8 Å². The molecule has 0 spiro atoms. The smallest absolute Gasteiger partial charge is 0.157 e. The number of hydrogen-bond acceptors (Lipinski definition) is 4. The van der Waals surface area contributed by atoms with Crippen molar-refractivity contribution in [2.75, 3.05) is 19.7 Å². The fourth-order valence-corrected chi connectivity index (χ4v) is 2.38. The monoisotopic (exact) mass is 279 g/mol. The Hall–Kier alpha value is -1.00. The average Bonchev–Trinajstić information content (AvgIpc) is 2.40. The Kier molecular flexibility index (Phi) is 7.10. The summed E-state index contributed by atoms with van der Waals surface area (Å²) in [4.78, 5) is 9.26. The Balaban J connectivity index is 2.83. The second-order valence-corrected chi connectivity index (χ2v) is 5.45. The molecule has 0 bridgehead atoms. The molecule has 0 saturated heterocycles. The summed E-state index contributed by atoms with van der Waals surface area (Å²) in [5.74, 6) is 1.39. The summed E-state index contributed by atoms with van der Waals surface area (Å²) < 4.78 is 5.58. The van der Waals surface area contributed by atoms with Crippen LogP contribution in [0.15, 0.2) is 0 Å². The number of ether oxygens (including phenoxy) is 1. The molecule has 2 atom stereocenters. The van der Waals surface area contributed by atoms with Gasteiger partial charge >= 0.3 is 0 Å². The predicted octanol–water partition coefficient (Wildman–Crippen LogP) is 2.98. The molecule has 0 aromatic carbocycles. The molecule has 20 heavy (non-hydrogen) atoms.